The highest BCUT2D eigenvalue weighted by Crippen LogP contribution is 2.23. The summed E-state index contributed by atoms with van der Waals surface area (Å²) < 4.78 is 4.03. The van der Waals surface area contributed by atoms with Crippen LogP contribution in [0.3, 0.4) is 0 Å². The summed E-state index contributed by atoms with van der Waals surface area (Å²) in [6, 6.07) is -0.124. The van der Waals surface area contributed by atoms with Gasteiger partial charge in [0, 0.05) is 24.6 Å². The topological polar surface area (TPSA) is 78.4 Å². The van der Waals surface area contributed by atoms with Crippen molar-refractivity contribution in [2.45, 2.75) is 39.2 Å². The molecule has 1 aromatic heterocycles. The zero-order valence-electron chi connectivity index (χ0n) is 11.3. The van der Waals surface area contributed by atoms with Crippen LogP contribution in [0.25, 0.3) is 0 Å². The Bertz CT molecular complexity index is 429. The number of nitrogens with one attached hydrogen (secondary N) is 1. The van der Waals surface area contributed by atoms with Crippen LogP contribution in [0.1, 0.15) is 32.0 Å². The van der Waals surface area contributed by atoms with Crippen molar-refractivity contribution in [3.05, 3.63) is 5.82 Å². The normalized spacial score (nSPS) is 18.4. The average Bonchev–Trinajstić information content (AvgIpc) is 2.83. The second-order valence-corrected chi connectivity index (χ2v) is 5.63. The molecule has 0 aliphatic carbocycles. The Morgan fingerprint density at radius 2 is 2.26 bits per heavy atom. The number of aliphatic hydroxyl groups is 1. The van der Waals surface area contributed by atoms with Gasteiger partial charge in [-0.3, -0.25) is 5.32 Å². The van der Waals surface area contributed by atoms with Gasteiger partial charge in [-0.1, -0.05) is 6.92 Å². The molecule has 2 heterocycles. The Balaban J connectivity index is 1.82. The Labute approximate surface area is 117 Å². The van der Waals surface area contributed by atoms with E-state index in [0.717, 1.165) is 19.3 Å². The van der Waals surface area contributed by atoms with Gasteiger partial charge < -0.3 is 10.0 Å². The molecule has 2 amide bonds. The Morgan fingerprint density at radius 3 is 2.79 bits per heavy atom. The van der Waals surface area contributed by atoms with E-state index in [2.05, 4.69) is 14.7 Å². The lowest BCUT2D eigenvalue weighted by Crippen LogP contribution is -2.43. The fourth-order valence-corrected chi connectivity index (χ4v) is 2.90. The van der Waals surface area contributed by atoms with E-state index in [9.17, 15) is 9.90 Å². The predicted molar refractivity (Wildman–Crippen MR) is 74.3 cm³/mol. The third-order valence-electron chi connectivity index (χ3n) is 3.53. The number of piperidine rings is 1. The van der Waals surface area contributed by atoms with Crippen molar-refractivity contribution >= 4 is 22.7 Å². The van der Waals surface area contributed by atoms with Crippen molar-refractivity contribution in [3.63, 3.8) is 0 Å². The summed E-state index contributed by atoms with van der Waals surface area (Å²) in [4.78, 5) is 17.9. The molecule has 0 aromatic carbocycles. The van der Waals surface area contributed by atoms with Crippen molar-refractivity contribution < 1.29 is 9.90 Å². The molecule has 2 rings (SSSR count). The van der Waals surface area contributed by atoms with E-state index in [4.69, 9.17) is 0 Å². The summed E-state index contributed by atoms with van der Waals surface area (Å²) >= 11 is 1.19. The third kappa shape index (κ3) is 3.63. The lowest BCUT2D eigenvalue weighted by Gasteiger charge is -2.33. The maximum absolute atomic E-state index is 12.0. The van der Waals surface area contributed by atoms with Gasteiger partial charge in [-0.25, -0.2) is 9.78 Å². The number of hydrogen-bond donors (Lipinski definition) is 2. The number of aryl methyl sites for hydroxylation is 1. The zero-order chi connectivity index (χ0) is 13.8. The highest BCUT2D eigenvalue weighted by atomic mass is 32.1. The van der Waals surface area contributed by atoms with Gasteiger partial charge in [0.05, 0.1) is 6.10 Å². The number of amides is 2. The standard InChI is InChI=1S/C12H20N4O2S/c1-3-10(17)9-4-6-16(7-5-9)12(18)14-11-13-8(2)15-19-11/h9-10,17H,3-7H2,1-2H3,(H,13,14,15,18)/t10-/m1/s1. The molecule has 1 aliphatic heterocycles. The molecule has 0 saturated carbocycles. The van der Waals surface area contributed by atoms with Crippen molar-refractivity contribution in [2.75, 3.05) is 18.4 Å². The lowest BCUT2D eigenvalue weighted by atomic mass is 9.90. The first-order valence-electron chi connectivity index (χ1n) is 6.64. The van der Waals surface area contributed by atoms with E-state index in [1.54, 1.807) is 11.8 Å². The number of aromatic nitrogens is 2. The van der Waals surface area contributed by atoms with Gasteiger partial charge in [0.2, 0.25) is 5.13 Å². The summed E-state index contributed by atoms with van der Waals surface area (Å²) in [7, 11) is 0. The minimum Gasteiger partial charge on any atom is -0.393 e. The minimum absolute atomic E-state index is 0.124. The number of rotatable bonds is 3. The molecule has 1 aliphatic rings. The number of carbonyl (C=O) groups is 1. The van der Waals surface area contributed by atoms with Crippen LogP contribution in [0.15, 0.2) is 0 Å². The van der Waals surface area contributed by atoms with Crippen molar-refractivity contribution in [1.82, 2.24) is 14.3 Å². The van der Waals surface area contributed by atoms with E-state index in [0.29, 0.717) is 30.0 Å². The summed E-state index contributed by atoms with van der Waals surface area (Å²) in [5.74, 6) is 0.989. The second-order valence-electron chi connectivity index (χ2n) is 4.88. The van der Waals surface area contributed by atoms with E-state index in [-0.39, 0.29) is 12.1 Å². The van der Waals surface area contributed by atoms with Gasteiger partial charge in [0.25, 0.3) is 0 Å². The fourth-order valence-electron chi connectivity index (χ4n) is 2.34. The molecule has 1 fully saturated rings. The molecule has 106 valence electrons. The molecule has 2 N–H and O–H groups in total. The highest BCUT2D eigenvalue weighted by molar-refractivity contribution is 7.09. The molecule has 19 heavy (non-hydrogen) atoms. The van der Waals surface area contributed by atoms with Crippen LogP contribution in [-0.2, 0) is 0 Å². The van der Waals surface area contributed by atoms with Crippen LogP contribution in [0.4, 0.5) is 9.93 Å². The lowest BCUT2D eigenvalue weighted by molar-refractivity contribution is 0.0660. The van der Waals surface area contributed by atoms with Gasteiger partial charge in [0.15, 0.2) is 0 Å². The molecule has 6 nitrogen and oxygen atoms in total. The van der Waals surface area contributed by atoms with Crippen molar-refractivity contribution in [2.24, 2.45) is 5.92 Å². The summed E-state index contributed by atoms with van der Waals surface area (Å²) in [6.07, 6.45) is 2.26. The first-order chi connectivity index (χ1) is 9.10. The van der Waals surface area contributed by atoms with E-state index >= 15 is 0 Å². The molecule has 7 heteroatoms. The van der Waals surface area contributed by atoms with Gasteiger partial charge in [0.1, 0.15) is 5.82 Å². The minimum atomic E-state index is -0.240. The van der Waals surface area contributed by atoms with Gasteiger partial charge in [-0.2, -0.15) is 4.37 Å². The largest absolute Gasteiger partial charge is 0.393 e. The van der Waals surface area contributed by atoms with Crippen LogP contribution in [0.5, 0.6) is 0 Å². The molecule has 0 unspecified atom stereocenters. The van der Waals surface area contributed by atoms with Crippen LogP contribution in [0, 0.1) is 12.8 Å². The summed E-state index contributed by atoms with van der Waals surface area (Å²) in [5.41, 5.74) is 0. The summed E-state index contributed by atoms with van der Waals surface area (Å²) in [6.45, 7) is 5.15. The second kappa shape index (κ2) is 6.29. The number of likely N-dealkylation sites (tertiary alicyclic amines) is 1. The monoisotopic (exact) mass is 284 g/mol. The molecule has 1 atom stereocenters. The Kier molecular flexibility index (Phi) is 4.71. The Morgan fingerprint density at radius 1 is 1.58 bits per heavy atom. The van der Waals surface area contributed by atoms with Crippen LogP contribution in [0.2, 0.25) is 0 Å². The Hall–Kier alpha value is -1.21. The van der Waals surface area contributed by atoms with Gasteiger partial charge >= 0.3 is 6.03 Å². The zero-order valence-corrected chi connectivity index (χ0v) is 12.1. The molecule has 0 bridgehead atoms. The average molecular weight is 284 g/mol. The maximum Gasteiger partial charge on any atom is 0.323 e. The third-order valence-corrected chi connectivity index (χ3v) is 4.25. The smallest absolute Gasteiger partial charge is 0.323 e. The molecular weight excluding hydrogens is 264 g/mol. The van der Waals surface area contributed by atoms with E-state index in [1.165, 1.54) is 11.5 Å². The predicted octanol–water partition coefficient (Wildman–Crippen LogP) is 1.86. The highest BCUT2D eigenvalue weighted by Gasteiger charge is 2.26. The van der Waals surface area contributed by atoms with Crippen molar-refractivity contribution in [1.29, 1.82) is 0 Å². The number of anilines is 1. The van der Waals surface area contributed by atoms with Crippen LogP contribution >= 0.6 is 11.5 Å². The maximum atomic E-state index is 12.0. The fraction of sp³-hybridized carbons (Fsp3) is 0.750. The van der Waals surface area contributed by atoms with E-state index < -0.39 is 0 Å². The van der Waals surface area contributed by atoms with Crippen LogP contribution < -0.4 is 5.32 Å². The number of aliphatic hydroxyl groups excluding tert-OH is 1. The van der Waals surface area contributed by atoms with Gasteiger partial charge in [-0.05, 0) is 32.1 Å². The SMILES string of the molecule is CC[C@@H](O)C1CCN(C(=O)Nc2nc(C)ns2)CC1. The summed E-state index contributed by atoms with van der Waals surface area (Å²) in [5, 5.41) is 13.1. The van der Waals surface area contributed by atoms with Crippen molar-refractivity contribution in [3.8, 4) is 0 Å². The molecule has 1 saturated heterocycles. The molecule has 1 aromatic rings. The van der Waals surface area contributed by atoms with E-state index in [1.807, 2.05) is 6.92 Å². The quantitative estimate of drug-likeness (QED) is 0.888. The number of urea groups is 1. The molecule has 0 radical (unpaired) electrons. The first kappa shape index (κ1) is 14.2. The first-order valence-corrected chi connectivity index (χ1v) is 7.41. The van der Waals surface area contributed by atoms with Crippen LogP contribution in [-0.4, -0.2) is 44.6 Å². The molecular formula is C12H20N4O2S. The number of hydrogen-bond acceptors (Lipinski definition) is 5. The molecule has 0 spiro atoms. The number of carbonyl (C=O) groups excluding carboxylic acids is 1. The van der Waals surface area contributed by atoms with Gasteiger partial charge in [-0.15, -0.1) is 0 Å². The number of nitrogens with zero attached hydrogens (tertiary/aromatic N) is 3.